The molecule has 3 heteroatoms. The van der Waals surface area contributed by atoms with E-state index in [9.17, 15) is 0 Å². The van der Waals surface area contributed by atoms with Crippen LogP contribution in [0.15, 0.2) is 70.0 Å². The molecule has 3 nitrogen and oxygen atoms in total. The molecule has 0 amide bonds. The van der Waals surface area contributed by atoms with Crippen LogP contribution in [0, 0.1) is 16.7 Å². The van der Waals surface area contributed by atoms with Gasteiger partial charge in [0.25, 0.3) is 0 Å². The maximum absolute atomic E-state index is 8.86. The Labute approximate surface area is 99.2 Å². The van der Waals surface area contributed by atoms with Crippen molar-refractivity contribution in [1.29, 1.82) is 5.26 Å². The second-order valence-electron chi connectivity index (χ2n) is 3.92. The van der Waals surface area contributed by atoms with E-state index in [0.717, 1.165) is 17.0 Å². The first-order valence-corrected chi connectivity index (χ1v) is 5.34. The van der Waals surface area contributed by atoms with Gasteiger partial charge in [-0.1, -0.05) is 24.3 Å². The molecule has 0 aromatic carbocycles. The summed E-state index contributed by atoms with van der Waals surface area (Å²) in [7, 11) is 0. The average molecular weight is 219 g/mol. The molecule has 0 N–H and O–H groups in total. The first-order valence-electron chi connectivity index (χ1n) is 5.34. The van der Waals surface area contributed by atoms with Crippen LogP contribution in [-0.4, -0.2) is 11.9 Å². The summed E-state index contributed by atoms with van der Waals surface area (Å²) < 4.78 is 0. The predicted octanol–water partition coefficient (Wildman–Crippen LogP) is 2.49. The highest BCUT2D eigenvalue weighted by Crippen LogP contribution is 2.45. The van der Waals surface area contributed by atoms with Gasteiger partial charge in [0.1, 0.15) is 5.41 Å². The van der Waals surface area contributed by atoms with E-state index in [4.69, 9.17) is 5.26 Å². The van der Waals surface area contributed by atoms with Gasteiger partial charge in [0.2, 0.25) is 0 Å². The normalized spacial score (nSPS) is 30.4. The summed E-state index contributed by atoms with van der Waals surface area (Å²) in [6, 6.07) is 2.05. The Morgan fingerprint density at radius 3 is 3.12 bits per heavy atom. The number of rotatable bonds is 0. The van der Waals surface area contributed by atoms with Crippen LogP contribution in [0.5, 0.6) is 0 Å². The van der Waals surface area contributed by atoms with E-state index in [-0.39, 0.29) is 0 Å². The minimum atomic E-state index is -0.464. The summed E-state index contributed by atoms with van der Waals surface area (Å²) in [5.41, 5.74) is 2.22. The third-order valence-electron chi connectivity index (χ3n) is 3.09. The second kappa shape index (κ2) is 3.53. The van der Waals surface area contributed by atoms with Crippen molar-refractivity contribution >= 4 is 11.9 Å². The highest BCUT2D eigenvalue weighted by atomic mass is 14.9. The molecule has 0 radical (unpaired) electrons. The van der Waals surface area contributed by atoms with Crippen LogP contribution >= 0.6 is 0 Å². The average Bonchev–Trinajstić information content (AvgIpc) is 2.59. The summed E-state index contributed by atoms with van der Waals surface area (Å²) in [5, 5.41) is 8.86. The van der Waals surface area contributed by atoms with Crippen LogP contribution in [-0.2, 0) is 0 Å². The second-order valence-corrected chi connectivity index (χ2v) is 3.92. The topological polar surface area (TPSA) is 48.5 Å². The van der Waals surface area contributed by atoms with E-state index in [2.05, 4.69) is 16.1 Å². The fraction of sp³-hybridized carbons (Fsp3) is 0.0714. The van der Waals surface area contributed by atoms with Gasteiger partial charge in [0, 0.05) is 18.5 Å². The van der Waals surface area contributed by atoms with E-state index in [1.54, 1.807) is 12.4 Å². The third-order valence-corrected chi connectivity index (χ3v) is 3.09. The van der Waals surface area contributed by atoms with Gasteiger partial charge in [-0.15, -0.1) is 0 Å². The van der Waals surface area contributed by atoms with Crippen LogP contribution in [0.3, 0.4) is 0 Å². The zero-order valence-corrected chi connectivity index (χ0v) is 9.04. The first kappa shape index (κ1) is 9.73. The number of hydrogen-bond acceptors (Lipinski definition) is 3. The van der Waals surface area contributed by atoms with Crippen molar-refractivity contribution < 1.29 is 0 Å². The Kier molecular flexibility index (Phi) is 2.02. The Morgan fingerprint density at radius 1 is 1.29 bits per heavy atom. The fourth-order valence-corrected chi connectivity index (χ4v) is 2.32. The van der Waals surface area contributed by atoms with Crippen LogP contribution < -0.4 is 0 Å². The molecular formula is C14H9N3. The van der Waals surface area contributed by atoms with Crippen molar-refractivity contribution in [2.24, 2.45) is 15.4 Å². The monoisotopic (exact) mass is 219 g/mol. The van der Waals surface area contributed by atoms with Crippen LogP contribution in [0.25, 0.3) is 0 Å². The quantitative estimate of drug-likeness (QED) is 0.577. The third kappa shape index (κ3) is 1.21. The highest BCUT2D eigenvalue weighted by Gasteiger charge is 2.43. The summed E-state index contributed by atoms with van der Waals surface area (Å²) in [6.07, 6.45) is 16.9. The zero-order chi connectivity index (χ0) is 11.7. The molecule has 0 saturated carbocycles. The van der Waals surface area contributed by atoms with E-state index in [0.29, 0.717) is 0 Å². The van der Waals surface area contributed by atoms with Crippen molar-refractivity contribution in [2.75, 3.05) is 0 Å². The van der Waals surface area contributed by atoms with Gasteiger partial charge in [0.15, 0.2) is 0 Å². The van der Waals surface area contributed by atoms with Crippen LogP contribution in [0.1, 0.15) is 0 Å². The molecule has 3 rings (SSSR count). The SMILES string of the molecule is N#CC=C1N=CC2=CC=CN=C3C=CC=CC213. The largest absolute Gasteiger partial charge is 0.260 e. The molecule has 1 unspecified atom stereocenters. The van der Waals surface area contributed by atoms with Gasteiger partial charge >= 0.3 is 0 Å². The maximum Gasteiger partial charge on any atom is 0.100 e. The van der Waals surface area contributed by atoms with Crippen molar-refractivity contribution in [3.8, 4) is 6.07 Å². The molecular weight excluding hydrogens is 210 g/mol. The van der Waals surface area contributed by atoms with E-state index in [1.807, 2.05) is 36.5 Å². The lowest BCUT2D eigenvalue weighted by atomic mass is 9.73. The standard InChI is InChI=1S/C14H9N3/c15-8-6-13-14-7-2-1-5-12(14)16-9-3-4-11(14)10-17-13/h1-7,9-10H. The molecule has 0 aromatic heterocycles. The fourth-order valence-electron chi connectivity index (χ4n) is 2.32. The Bertz CT molecular complexity index is 618. The van der Waals surface area contributed by atoms with Crippen molar-refractivity contribution in [2.45, 2.75) is 0 Å². The number of hydrogen-bond donors (Lipinski definition) is 0. The zero-order valence-electron chi connectivity index (χ0n) is 9.04. The maximum atomic E-state index is 8.86. The lowest BCUT2D eigenvalue weighted by molar-refractivity contribution is 0.799. The molecule has 17 heavy (non-hydrogen) atoms. The summed E-state index contributed by atoms with van der Waals surface area (Å²) in [6.45, 7) is 0. The van der Waals surface area contributed by atoms with Gasteiger partial charge in [-0.3, -0.25) is 9.98 Å². The molecule has 2 heterocycles. The van der Waals surface area contributed by atoms with Gasteiger partial charge in [-0.2, -0.15) is 5.26 Å². The van der Waals surface area contributed by atoms with Gasteiger partial charge < -0.3 is 0 Å². The van der Waals surface area contributed by atoms with Gasteiger partial charge in [-0.25, -0.2) is 0 Å². The smallest absolute Gasteiger partial charge is 0.100 e. The minimum Gasteiger partial charge on any atom is -0.260 e. The molecule has 2 aliphatic heterocycles. The molecule has 0 aromatic rings. The number of allylic oxidation sites excluding steroid dienone is 7. The molecule has 0 bridgehead atoms. The van der Waals surface area contributed by atoms with Crippen LogP contribution in [0.2, 0.25) is 0 Å². The van der Waals surface area contributed by atoms with Gasteiger partial charge in [-0.05, 0) is 17.7 Å². The minimum absolute atomic E-state index is 0.464. The lowest BCUT2D eigenvalue weighted by Gasteiger charge is -2.28. The number of nitriles is 1. The predicted molar refractivity (Wildman–Crippen MR) is 67.6 cm³/mol. The molecule has 1 spiro atoms. The highest BCUT2D eigenvalue weighted by molar-refractivity contribution is 6.13. The number of aliphatic imine (C=N–C) groups is 2. The van der Waals surface area contributed by atoms with Crippen molar-refractivity contribution in [1.82, 2.24) is 0 Å². The molecule has 0 saturated heterocycles. The van der Waals surface area contributed by atoms with E-state index in [1.165, 1.54) is 6.08 Å². The lowest BCUT2D eigenvalue weighted by Crippen LogP contribution is -2.30. The molecule has 80 valence electrons. The Balaban J connectivity index is 2.29. The van der Waals surface area contributed by atoms with E-state index >= 15 is 0 Å². The molecule has 1 aliphatic carbocycles. The Morgan fingerprint density at radius 2 is 2.24 bits per heavy atom. The van der Waals surface area contributed by atoms with Crippen molar-refractivity contribution in [3.63, 3.8) is 0 Å². The van der Waals surface area contributed by atoms with Crippen molar-refractivity contribution in [3.05, 3.63) is 60.0 Å². The van der Waals surface area contributed by atoms with Crippen LogP contribution in [0.4, 0.5) is 0 Å². The molecule has 0 fully saturated rings. The summed E-state index contributed by atoms with van der Waals surface area (Å²) >= 11 is 0. The summed E-state index contributed by atoms with van der Waals surface area (Å²) in [5.74, 6) is 0. The Hall–Kier alpha value is -2.47. The first-order chi connectivity index (χ1) is 8.38. The van der Waals surface area contributed by atoms with Gasteiger partial charge in [0.05, 0.1) is 17.5 Å². The molecule has 1 atom stereocenters. The molecule has 3 aliphatic rings. The number of nitrogens with zero attached hydrogens (tertiary/aromatic N) is 3. The summed E-state index contributed by atoms with van der Waals surface area (Å²) in [4.78, 5) is 8.76. The van der Waals surface area contributed by atoms with E-state index < -0.39 is 5.41 Å².